The number of fused-ring (bicyclic) bond motifs is 1. The number of esters is 1. The molecule has 0 N–H and O–H groups in total. The van der Waals surface area contributed by atoms with Crippen LogP contribution in [0.4, 0.5) is 0 Å². The Morgan fingerprint density at radius 2 is 1.71 bits per heavy atom. The van der Waals surface area contributed by atoms with Crippen molar-refractivity contribution in [3.8, 4) is 17.1 Å². The van der Waals surface area contributed by atoms with Gasteiger partial charge in [0.05, 0.1) is 31.4 Å². The molecule has 34 heavy (non-hydrogen) atoms. The van der Waals surface area contributed by atoms with Crippen molar-refractivity contribution in [2.45, 2.75) is 13.0 Å². The topological polar surface area (TPSA) is 82.8 Å². The van der Waals surface area contributed by atoms with Crippen molar-refractivity contribution in [2.75, 3.05) is 7.11 Å². The van der Waals surface area contributed by atoms with Crippen LogP contribution >= 0.6 is 45.2 Å². The molecule has 0 saturated carbocycles. The fourth-order valence-corrected chi connectivity index (χ4v) is 5.36. The van der Waals surface area contributed by atoms with Gasteiger partial charge in [-0.25, -0.2) is 9.78 Å². The van der Waals surface area contributed by atoms with E-state index in [0.29, 0.717) is 22.5 Å². The maximum atomic E-state index is 13.3. The molecule has 1 heterocycles. The van der Waals surface area contributed by atoms with E-state index in [9.17, 15) is 9.59 Å². The molecule has 0 bridgehead atoms. The molecule has 0 aliphatic rings. The molecule has 1 aromatic heterocycles. The first-order valence-electron chi connectivity index (χ1n) is 10.2. The van der Waals surface area contributed by atoms with Crippen LogP contribution in [-0.2, 0) is 9.53 Å². The molecule has 0 aliphatic carbocycles. The molecule has 0 radical (unpaired) electrons. The first-order valence-corrected chi connectivity index (χ1v) is 12.4. The van der Waals surface area contributed by atoms with Gasteiger partial charge in [0, 0.05) is 5.56 Å². The normalized spacial score (nSPS) is 12.1. The van der Waals surface area contributed by atoms with Crippen LogP contribution in [0, 0.1) is 7.14 Å². The number of carbonyl (C=O) groups is 1. The van der Waals surface area contributed by atoms with Crippen molar-refractivity contribution < 1.29 is 14.3 Å². The molecule has 7 nitrogen and oxygen atoms in total. The quantitative estimate of drug-likeness (QED) is 0.161. The van der Waals surface area contributed by atoms with E-state index in [-0.39, 0.29) is 5.56 Å². The minimum atomic E-state index is -0.734. The number of carbonyl (C=O) groups excluding carboxylic acids is 1. The maximum Gasteiger partial charge on any atom is 0.346 e. The van der Waals surface area contributed by atoms with Gasteiger partial charge in [-0.2, -0.15) is 9.78 Å². The first-order chi connectivity index (χ1) is 16.4. The molecule has 172 valence electrons. The highest BCUT2D eigenvalue weighted by molar-refractivity contribution is 14.1. The minimum absolute atomic E-state index is 0.253. The Bertz CT molecular complexity index is 1430. The van der Waals surface area contributed by atoms with E-state index in [4.69, 9.17) is 14.5 Å². The number of benzene rings is 3. The van der Waals surface area contributed by atoms with E-state index in [2.05, 4.69) is 50.3 Å². The second kappa shape index (κ2) is 10.6. The summed E-state index contributed by atoms with van der Waals surface area (Å²) in [6, 6.07) is 20.4. The van der Waals surface area contributed by atoms with Crippen molar-refractivity contribution in [1.82, 2.24) is 9.66 Å². The van der Waals surface area contributed by atoms with Gasteiger partial charge < -0.3 is 9.47 Å². The lowest BCUT2D eigenvalue weighted by molar-refractivity contribution is -0.147. The van der Waals surface area contributed by atoms with Crippen LogP contribution in [0.25, 0.3) is 22.3 Å². The second-order valence-corrected chi connectivity index (χ2v) is 9.60. The van der Waals surface area contributed by atoms with Crippen LogP contribution in [0.1, 0.15) is 12.5 Å². The van der Waals surface area contributed by atoms with Crippen LogP contribution < -0.4 is 10.3 Å². The number of halogens is 2. The van der Waals surface area contributed by atoms with Crippen molar-refractivity contribution in [2.24, 2.45) is 5.10 Å². The predicted octanol–water partition coefficient (Wildman–Crippen LogP) is 5.10. The summed E-state index contributed by atoms with van der Waals surface area (Å²) in [5, 5.41) is 5.00. The van der Waals surface area contributed by atoms with E-state index in [1.54, 1.807) is 25.3 Å². The highest BCUT2D eigenvalue weighted by atomic mass is 127. The van der Waals surface area contributed by atoms with E-state index < -0.39 is 12.1 Å². The molecule has 0 amide bonds. The van der Waals surface area contributed by atoms with Crippen LogP contribution in [0.3, 0.4) is 0 Å². The highest BCUT2D eigenvalue weighted by Crippen LogP contribution is 2.29. The lowest BCUT2D eigenvalue weighted by Gasteiger charge is -2.15. The molecule has 0 fully saturated rings. The summed E-state index contributed by atoms with van der Waals surface area (Å²) < 4.78 is 13.4. The average Bonchev–Trinajstić information content (AvgIpc) is 2.85. The van der Waals surface area contributed by atoms with Gasteiger partial charge in [0.2, 0.25) is 0 Å². The zero-order chi connectivity index (χ0) is 24.2. The molecule has 0 unspecified atom stereocenters. The number of hydrogen-bond donors (Lipinski definition) is 0. The van der Waals surface area contributed by atoms with E-state index >= 15 is 0 Å². The fourth-order valence-electron chi connectivity index (χ4n) is 3.29. The molecule has 0 saturated heterocycles. The number of hydrogen-bond acceptors (Lipinski definition) is 6. The van der Waals surface area contributed by atoms with Crippen molar-refractivity contribution in [3.63, 3.8) is 0 Å². The smallest absolute Gasteiger partial charge is 0.346 e. The largest absolute Gasteiger partial charge is 0.477 e. The second-order valence-electron chi connectivity index (χ2n) is 7.28. The monoisotopic (exact) mass is 679 g/mol. The van der Waals surface area contributed by atoms with Crippen LogP contribution in [0.5, 0.6) is 5.75 Å². The van der Waals surface area contributed by atoms with Gasteiger partial charge in [0.1, 0.15) is 5.75 Å². The molecule has 3 aromatic carbocycles. The van der Waals surface area contributed by atoms with Crippen molar-refractivity contribution in [1.29, 1.82) is 0 Å². The Kier molecular flexibility index (Phi) is 7.61. The third kappa shape index (κ3) is 5.14. The summed E-state index contributed by atoms with van der Waals surface area (Å²) in [6.45, 7) is 1.64. The van der Waals surface area contributed by atoms with Gasteiger partial charge in [-0.15, -0.1) is 0 Å². The Morgan fingerprint density at radius 1 is 1.06 bits per heavy atom. The van der Waals surface area contributed by atoms with Crippen molar-refractivity contribution in [3.05, 3.63) is 89.8 Å². The Hall–Kier alpha value is -2.80. The maximum absolute atomic E-state index is 13.3. The molecule has 1 atom stereocenters. The zero-order valence-corrected chi connectivity index (χ0v) is 22.6. The summed E-state index contributed by atoms with van der Waals surface area (Å²) in [5.41, 5.74) is 1.92. The number of ether oxygens (including phenoxy) is 2. The van der Waals surface area contributed by atoms with Gasteiger partial charge in [-0.05, 0) is 81.9 Å². The first kappa shape index (κ1) is 24.3. The number of methoxy groups -OCH3 is 1. The predicted molar refractivity (Wildman–Crippen MR) is 148 cm³/mol. The number of nitrogens with zero attached hydrogens (tertiary/aromatic N) is 3. The molecule has 4 rings (SSSR count). The van der Waals surface area contributed by atoms with Gasteiger partial charge in [0.25, 0.3) is 5.56 Å². The summed E-state index contributed by atoms with van der Waals surface area (Å²) in [6.07, 6.45) is 0.879. The summed E-state index contributed by atoms with van der Waals surface area (Å²) in [5.74, 6) is 0.594. The van der Waals surface area contributed by atoms with E-state index in [1.165, 1.54) is 11.8 Å². The van der Waals surface area contributed by atoms with Gasteiger partial charge in [0.15, 0.2) is 11.9 Å². The van der Waals surface area contributed by atoms with E-state index in [0.717, 1.165) is 18.3 Å². The van der Waals surface area contributed by atoms with Crippen LogP contribution in [-0.4, -0.2) is 35.1 Å². The lowest BCUT2D eigenvalue weighted by atomic mass is 10.2. The Balaban J connectivity index is 1.76. The van der Waals surface area contributed by atoms with Gasteiger partial charge in [-0.1, -0.05) is 42.5 Å². The summed E-state index contributed by atoms with van der Waals surface area (Å²) in [4.78, 5) is 29.7. The fraction of sp³-hybridized carbons (Fsp3) is 0.120. The third-order valence-electron chi connectivity index (χ3n) is 4.96. The average molecular weight is 679 g/mol. The number of rotatable bonds is 6. The van der Waals surface area contributed by atoms with Gasteiger partial charge >= 0.3 is 5.97 Å². The SMILES string of the molecule is COC(=O)[C@H](C)Oc1c(I)cc(C=Nn2c(-c3ccccc3)nc3ccccc3c2=O)cc1I. The molecular formula is C25H19I2N3O4. The molecule has 0 aliphatic heterocycles. The minimum Gasteiger partial charge on any atom is -0.477 e. The van der Waals surface area contributed by atoms with Crippen molar-refractivity contribution >= 4 is 68.3 Å². The Labute approximate surface area is 223 Å². The highest BCUT2D eigenvalue weighted by Gasteiger charge is 2.19. The molecule has 9 heteroatoms. The number of para-hydroxylation sites is 1. The van der Waals surface area contributed by atoms with Gasteiger partial charge in [-0.3, -0.25) is 4.79 Å². The number of aromatic nitrogens is 2. The molecule has 0 spiro atoms. The molecule has 4 aromatic rings. The standard InChI is InChI=1S/C25H19I2N3O4/c1-15(25(32)33-2)34-22-19(26)12-16(13-20(22)27)14-28-30-23(17-8-4-3-5-9-17)29-21-11-7-6-10-18(21)24(30)31/h3-15H,1-2H3/t15-/m0/s1. The van der Waals surface area contributed by atoms with Crippen LogP contribution in [0.2, 0.25) is 0 Å². The van der Waals surface area contributed by atoms with E-state index in [1.807, 2.05) is 54.6 Å². The lowest BCUT2D eigenvalue weighted by Crippen LogP contribution is -2.25. The molecular weight excluding hydrogens is 660 g/mol. The third-order valence-corrected chi connectivity index (χ3v) is 6.56. The zero-order valence-electron chi connectivity index (χ0n) is 18.2. The van der Waals surface area contributed by atoms with Crippen LogP contribution in [0.15, 0.2) is 76.6 Å². The summed E-state index contributed by atoms with van der Waals surface area (Å²) in [7, 11) is 1.32. The summed E-state index contributed by atoms with van der Waals surface area (Å²) >= 11 is 4.29. The Morgan fingerprint density at radius 3 is 2.38 bits per heavy atom.